The molecule has 1 aromatic rings. The van der Waals surface area contributed by atoms with Gasteiger partial charge in [0.2, 0.25) is 0 Å². The Bertz CT molecular complexity index is 288. The Labute approximate surface area is 65.7 Å². The first-order valence-corrected chi connectivity index (χ1v) is 3.42. The topological polar surface area (TPSA) is 44.0 Å². The van der Waals surface area contributed by atoms with Gasteiger partial charge in [0.1, 0.15) is 5.75 Å². The average molecular weight is 147 g/mol. The van der Waals surface area contributed by atoms with E-state index in [2.05, 4.69) is 6.07 Å². The normalized spacial score (nSPS) is 12.0. The predicted molar refractivity (Wildman–Crippen MR) is 42.1 cm³/mol. The lowest BCUT2D eigenvalue weighted by Gasteiger charge is -2.01. The lowest BCUT2D eigenvalue weighted by molar-refractivity contribution is 0.474. The molecule has 0 bridgehead atoms. The van der Waals surface area contributed by atoms with Crippen molar-refractivity contribution in [1.82, 2.24) is 0 Å². The minimum atomic E-state index is -0.151. The third-order valence-corrected chi connectivity index (χ3v) is 1.56. The molecule has 1 atom stereocenters. The predicted octanol–water partition coefficient (Wildman–Crippen LogP) is 2.02. The second kappa shape index (κ2) is 3.07. The average Bonchev–Trinajstić information content (AvgIpc) is 2.03. The van der Waals surface area contributed by atoms with E-state index in [1.807, 2.05) is 6.07 Å². The molecule has 2 nitrogen and oxygen atoms in total. The van der Waals surface area contributed by atoms with E-state index in [-0.39, 0.29) is 11.7 Å². The molecule has 0 aliphatic rings. The lowest BCUT2D eigenvalue weighted by atomic mass is 10.0. The van der Waals surface area contributed by atoms with Crippen LogP contribution in [-0.2, 0) is 0 Å². The van der Waals surface area contributed by atoms with Gasteiger partial charge < -0.3 is 5.11 Å². The van der Waals surface area contributed by atoms with E-state index in [4.69, 9.17) is 10.4 Å². The van der Waals surface area contributed by atoms with Gasteiger partial charge in [-0.3, -0.25) is 0 Å². The third kappa shape index (κ3) is 1.71. The van der Waals surface area contributed by atoms with E-state index < -0.39 is 0 Å². The Balaban J connectivity index is 2.98. The number of benzene rings is 1. The summed E-state index contributed by atoms with van der Waals surface area (Å²) in [5, 5.41) is 17.6. The van der Waals surface area contributed by atoms with Crippen LogP contribution < -0.4 is 0 Å². The molecule has 0 heterocycles. The SMILES string of the molecule is CC(C#N)c1cccc(O)c1. The molecule has 1 aromatic carbocycles. The van der Waals surface area contributed by atoms with Crippen molar-refractivity contribution in [2.75, 3.05) is 0 Å². The number of aromatic hydroxyl groups is 1. The third-order valence-electron chi connectivity index (χ3n) is 1.56. The Kier molecular flexibility index (Phi) is 2.12. The summed E-state index contributed by atoms with van der Waals surface area (Å²) in [6.45, 7) is 1.80. The van der Waals surface area contributed by atoms with Crippen LogP contribution in [0.25, 0.3) is 0 Å². The van der Waals surface area contributed by atoms with Crippen LogP contribution in [0.1, 0.15) is 18.4 Å². The van der Waals surface area contributed by atoms with E-state index >= 15 is 0 Å². The summed E-state index contributed by atoms with van der Waals surface area (Å²) < 4.78 is 0. The molecule has 0 aliphatic carbocycles. The minimum absolute atomic E-state index is 0.151. The van der Waals surface area contributed by atoms with Gasteiger partial charge in [0.25, 0.3) is 0 Å². The molecule has 1 rings (SSSR count). The van der Waals surface area contributed by atoms with Crippen molar-refractivity contribution in [3.05, 3.63) is 29.8 Å². The second-order valence-corrected chi connectivity index (χ2v) is 2.45. The van der Waals surface area contributed by atoms with Crippen molar-refractivity contribution in [2.24, 2.45) is 0 Å². The number of hydrogen-bond acceptors (Lipinski definition) is 2. The standard InChI is InChI=1S/C9H9NO/c1-7(6-10)8-3-2-4-9(11)5-8/h2-5,7,11H,1H3. The Hall–Kier alpha value is -1.49. The zero-order chi connectivity index (χ0) is 8.27. The Morgan fingerprint density at radius 1 is 1.55 bits per heavy atom. The molecule has 56 valence electrons. The fourth-order valence-electron chi connectivity index (χ4n) is 0.869. The van der Waals surface area contributed by atoms with Gasteiger partial charge in [-0.05, 0) is 24.6 Å². The number of phenols is 1. The molecule has 11 heavy (non-hydrogen) atoms. The van der Waals surface area contributed by atoms with Gasteiger partial charge in [-0.1, -0.05) is 12.1 Å². The van der Waals surface area contributed by atoms with Crippen LogP contribution in [0.4, 0.5) is 0 Å². The molecule has 1 N–H and O–H groups in total. The fourth-order valence-corrected chi connectivity index (χ4v) is 0.869. The van der Waals surface area contributed by atoms with Crippen LogP contribution in [0.15, 0.2) is 24.3 Å². The summed E-state index contributed by atoms with van der Waals surface area (Å²) in [6, 6.07) is 8.85. The summed E-state index contributed by atoms with van der Waals surface area (Å²) in [6.07, 6.45) is 0. The summed E-state index contributed by atoms with van der Waals surface area (Å²) in [5.74, 6) is 0.0618. The van der Waals surface area contributed by atoms with Crippen molar-refractivity contribution in [3.63, 3.8) is 0 Å². The van der Waals surface area contributed by atoms with Gasteiger partial charge in [0.05, 0.1) is 12.0 Å². The van der Waals surface area contributed by atoms with Gasteiger partial charge in [-0.15, -0.1) is 0 Å². The molecule has 0 saturated carbocycles. The van der Waals surface area contributed by atoms with Crippen molar-refractivity contribution < 1.29 is 5.11 Å². The van der Waals surface area contributed by atoms with E-state index in [0.717, 1.165) is 5.56 Å². The molecule has 0 radical (unpaired) electrons. The highest BCUT2D eigenvalue weighted by molar-refractivity contribution is 5.31. The number of nitrogens with zero attached hydrogens (tertiary/aromatic N) is 1. The first-order chi connectivity index (χ1) is 5.24. The molecule has 1 unspecified atom stereocenters. The molecule has 0 aromatic heterocycles. The van der Waals surface area contributed by atoms with Crippen molar-refractivity contribution in [3.8, 4) is 11.8 Å². The van der Waals surface area contributed by atoms with Gasteiger partial charge in [-0.2, -0.15) is 5.26 Å². The highest BCUT2D eigenvalue weighted by Gasteiger charge is 2.02. The van der Waals surface area contributed by atoms with Crippen molar-refractivity contribution in [1.29, 1.82) is 5.26 Å². The first kappa shape index (κ1) is 7.62. The maximum absolute atomic E-state index is 9.05. The second-order valence-electron chi connectivity index (χ2n) is 2.45. The summed E-state index contributed by atoms with van der Waals surface area (Å²) in [5.41, 5.74) is 0.854. The van der Waals surface area contributed by atoms with Crippen LogP contribution in [0.3, 0.4) is 0 Å². The fraction of sp³-hybridized carbons (Fsp3) is 0.222. The molecule has 0 amide bonds. The zero-order valence-electron chi connectivity index (χ0n) is 6.28. The lowest BCUT2D eigenvalue weighted by Crippen LogP contribution is -1.87. The number of nitriles is 1. The monoisotopic (exact) mass is 147 g/mol. The minimum Gasteiger partial charge on any atom is -0.508 e. The smallest absolute Gasteiger partial charge is 0.115 e. The van der Waals surface area contributed by atoms with Crippen LogP contribution >= 0.6 is 0 Å². The van der Waals surface area contributed by atoms with Crippen LogP contribution in [0.2, 0.25) is 0 Å². The summed E-state index contributed by atoms with van der Waals surface area (Å²) in [4.78, 5) is 0. The van der Waals surface area contributed by atoms with E-state index in [1.54, 1.807) is 25.1 Å². The molecule has 0 saturated heterocycles. The number of phenolic OH excluding ortho intramolecular Hbond substituents is 1. The molecule has 0 spiro atoms. The van der Waals surface area contributed by atoms with E-state index in [0.29, 0.717) is 0 Å². The van der Waals surface area contributed by atoms with Gasteiger partial charge in [0, 0.05) is 0 Å². The molecular weight excluding hydrogens is 138 g/mol. The van der Waals surface area contributed by atoms with Gasteiger partial charge >= 0.3 is 0 Å². The van der Waals surface area contributed by atoms with E-state index in [1.165, 1.54) is 0 Å². The highest BCUT2D eigenvalue weighted by Crippen LogP contribution is 2.18. The Morgan fingerprint density at radius 2 is 2.27 bits per heavy atom. The summed E-state index contributed by atoms with van der Waals surface area (Å²) >= 11 is 0. The maximum Gasteiger partial charge on any atom is 0.115 e. The summed E-state index contributed by atoms with van der Waals surface area (Å²) in [7, 11) is 0. The molecule has 2 heteroatoms. The maximum atomic E-state index is 9.05. The van der Waals surface area contributed by atoms with Crippen LogP contribution in [-0.4, -0.2) is 5.11 Å². The van der Waals surface area contributed by atoms with Crippen molar-refractivity contribution >= 4 is 0 Å². The van der Waals surface area contributed by atoms with Gasteiger partial charge in [0.15, 0.2) is 0 Å². The molecule has 0 aliphatic heterocycles. The highest BCUT2D eigenvalue weighted by atomic mass is 16.3. The largest absolute Gasteiger partial charge is 0.508 e. The first-order valence-electron chi connectivity index (χ1n) is 3.42. The quantitative estimate of drug-likeness (QED) is 0.660. The number of hydrogen-bond donors (Lipinski definition) is 1. The molecule has 0 fully saturated rings. The van der Waals surface area contributed by atoms with Gasteiger partial charge in [-0.25, -0.2) is 0 Å². The van der Waals surface area contributed by atoms with Crippen molar-refractivity contribution in [2.45, 2.75) is 12.8 Å². The Morgan fingerprint density at radius 3 is 2.82 bits per heavy atom. The number of rotatable bonds is 1. The van der Waals surface area contributed by atoms with Crippen LogP contribution in [0.5, 0.6) is 5.75 Å². The zero-order valence-corrected chi connectivity index (χ0v) is 6.28. The van der Waals surface area contributed by atoms with Crippen LogP contribution in [0, 0.1) is 11.3 Å². The molecular formula is C9H9NO. The van der Waals surface area contributed by atoms with E-state index in [9.17, 15) is 0 Å².